The number of benzene rings is 2. The Morgan fingerprint density at radius 1 is 1.15 bits per heavy atom. The molecule has 6 nitrogen and oxygen atoms in total. The number of carbonyl (C=O) groups is 1. The maximum atomic E-state index is 14.3. The maximum absolute atomic E-state index is 14.3. The first-order valence-electron chi connectivity index (χ1n) is 7.98. The van der Waals surface area contributed by atoms with Gasteiger partial charge in [-0.2, -0.15) is 5.10 Å². The Balaban J connectivity index is 1.88. The summed E-state index contributed by atoms with van der Waals surface area (Å²) in [4.78, 5) is 12.6. The third-order valence-corrected chi connectivity index (χ3v) is 4.58. The zero-order valence-corrected chi connectivity index (χ0v) is 16.5. The van der Waals surface area contributed by atoms with Crippen LogP contribution in [-0.2, 0) is 0 Å². The Morgan fingerprint density at radius 3 is 2.41 bits per heavy atom. The van der Waals surface area contributed by atoms with E-state index in [0.29, 0.717) is 17.0 Å². The lowest BCUT2D eigenvalue weighted by molar-refractivity contribution is 0.102. The van der Waals surface area contributed by atoms with E-state index in [1.54, 1.807) is 11.6 Å². The molecule has 0 saturated carbocycles. The van der Waals surface area contributed by atoms with E-state index in [9.17, 15) is 9.18 Å². The van der Waals surface area contributed by atoms with E-state index in [1.807, 2.05) is 24.3 Å². The van der Waals surface area contributed by atoms with Crippen molar-refractivity contribution in [3.05, 3.63) is 64.1 Å². The van der Waals surface area contributed by atoms with Crippen molar-refractivity contribution in [1.29, 1.82) is 0 Å². The summed E-state index contributed by atoms with van der Waals surface area (Å²) in [6.45, 7) is 1.77. The van der Waals surface area contributed by atoms with Crippen molar-refractivity contribution in [3.63, 3.8) is 0 Å². The molecule has 0 aliphatic rings. The SMILES string of the molecule is COc1cc(F)c(NC(=O)c2cnn(-c3ccc(Br)cc3)c2C)cc1OC. The molecule has 1 aromatic heterocycles. The van der Waals surface area contributed by atoms with Crippen LogP contribution in [0, 0.1) is 12.7 Å². The van der Waals surface area contributed by atoms with Gasteiger partial charge in [0.05, 0.1) is 43.0 Å². The lowest BCUT2D eigenvalue weighted by Gasteiger charge is -2.12. The third-order valence-electron chi connectivity index (χ3n) is 4.05. The van der Waals surface area contributed by atoms with Gasteiger partial charge in [-0.25, -0.2) is 9.07 Å². The predicted molar refractivity (Wildman–Crippen MR) is 103 cm³/mol. The standard InChI is InChI=1S/C19H17BrFN3O3/c1-11-14(10-22-24(11)13-6-4-12(20)5-7-13)19(25)23-16-9-18(27-3)17(26-2)8-15(16)21/h4-10H,1-3H3,(H,23,25). The summed E-state index contributed by atoms with van der Waals surface area (Å²) in [6, 6.07) is 10.1. The molecule has 140 valence electrons. The van der Waals surface area contributed by atoms with Gasteiger partial charge in [0.25, 0.3) is 5.91 Å². The molecule has 0 atom stereocenters. The van der Waals surface area contributed by atoms with Crippen molar-refractivity contribution in [2.24, 2.45) is 0 Å². The van der Waals surface area contributed by atoms with E-state index in [-0.39, 0.29) is 11.4 Å². The number of amides is 1. The van der Waals surface area contributed by atoms with E-state index in [1.165, 1.54) is 26.5 Å². The minimum atomic E-state index is -0.626. The van der Waals surface area contributed by atoms with Gasteiger partial charge in [-0.05, 0) is 31.2 Å². The molecule has 2 aromatic carbocycles. The molecule has 27 heavy (non-hydrogen) atoms. The number of nitrogens with zero attached hydrogens (tertiary/aromatic N) is 2. The van der Waals surface area contributed by atoms with Crippen LogP contribution < -0.4 is 14.8 Å². The molecule has 8 heteroatoms. The van der Waals surface area contributed by atoms with Gasteiger partial charge in [0.15, 0.2) is 17.3 Å². The Bertz CT molecular complexity index is 987. The second-order valence-electron chi connectivity index (χ2n) is 5.67. The van der Waals surface area contributed by atoms with Crippen LogP contribution in [0.1, 0.15) is 16.1 Å². The van der Waals surface area contributed by atoms with Crippen LogP contribution in [0.25, 0.3) is 5.69 Å². The average molecular weight is 434 g/mol. The summed E-state index contributed by atoms with van der Waals surface area (Å²) in [5.74, 6) is -0.537. The van der Waals surface area contributed by atoms with Gasteiger partial charge in [-0.1, -0.05) is 15.9 Å². The summed E-state index contributed by atoms with van der Waals surface area (Å²) in [6.07, 6.45) is 1.45. The molecule has 1 amide bonds. The van der Waals surface area contributed by atoms with Gasteiger partial charge < -0.3 is 14.8 Å². The van der Waals surface area contributed by atoms with Gasteiger partial charge >= 0.3 is 0 Å². The normalized spacial score (nSPS) is 10.6. The first-order valence-corrected chi connectivity index (χ1v) is 8.77. The van der Waals surface area contributed by atoms with E-state index in [0.717, 1.165) is 16.2 Å². The van der Waals surface area contributed by atoms with Crippen molar-refractivity contribution in [1.82, 2.24) is 9.78 Å². The Kier molecular flexibility index (Phi) is 5.46. The zero-order chi connectivity index (χ0) is 19.6. The summed E-state index contributed by atoms with van der Waals surface area (Å²) < 4.78 is 27.0. The van der Waals surface area contributed by atoms with Gasteiger partial charge in [-0.3, -0.25) is 4.79 Å². The fraction of sp³-hybridized carbons (Fsp3) is 0.158. The van der Waals surface area contributed by atoms with E-state index < -0.39 is 11.7 Å². The maximum Gasteiger partial charge on any atom is 0.259 e. The van der Waals surface area contributed by atoms with Gasteiger partial charge in [0.1, 0.15) is 0 Å². The monoisotopic (exact) mass is 433 g/mol. The zero-order valence-electron chi connectivity index (χ0n) is 14.9. The van der Waals surface area contributed by atoms with Crippen LogP contribution in [0.5, 0.6) is 11.5 Å². The predicted octanol–water partition coefficient (Wildman–Crippen LogP) is 4.35. The number of aromatic nitrogens is 2. The smallest absolute Gasteiger partial charge is 0.259 e. The minimum absolute atomic E-state index is 0.00607. The highest BCUT2D eigenvalue weighted by molar-refractivity contribution is 9.10. The largest absolute Gasteiger partial charge is 0.493 e. The Labute approximate surface area is 164 Å². The molecule has 0 aliphatic carbocycles. The molecule has 0 aliphatic heterocycles. The Hall–Kier alpha value is -2.87. The average Bonchev–Trinajstić information content (AvgIpc) is 3.05. The number of halogens is 2. The molecule has 0 bridgehead atoms. The summed E-state index contributed by atoms with van der Waals surface area (Å²) in [5.41, 5.74) is 1.78. The van der Waals surface area contributed by atoms with Gasteiger partial charge in [0.2, 0.25) is 0 Å². The van der Waals surface area contributed by atoms with Crippen molar-refractivity contribution in [2.45, 2.75) is 6.92 Å². The van der Waals surface area contributed by atoms with Gasteiger partial charge in [-0.15, -0.1) is 0 Å². The Morgan fingerprint density at radius 2 is 1.78 bits per heavy atom. The van der Waals surface area contributed by atoms with Crippen molar-refractivity contribution in [2.75, 3.05) is 19.5 Å². The molecule has 0 radical (unpaired) electrons. The molecular formula is C19H17BrFN3O3. The van der Waals surface area contributed by atoms with E-state index in [4.69, 9.17) is 9.47 Å². The minimum Gasteiger partial charge on any atom is -0.493 e. The highest BCUT2D eigenvalue weighted by Crippen LogP contribution is 2.32. The molecule has 0 unspecified atom stereocenters. The second kappa shape index (κ2) is 7.79. The van der Waals surface area contributed by atoms with Crippen LogP contribution in [0.4, 0.5) is 10.1 Å². The number of hydrogen-bond donors (Lipinski definition) is 1. The highest BCUT2D eigenvalue weighted by Gasteiger charge is 2.18. The summed E-state index contributed by atoms with van der Waals surface area (Å²) >= 11 is 3.38. The second-order valence-corrected chi connectivity index (χ2v) is 6.59. The first-order chi connectivity index (χ1) is 12.9. The molecule has 3 rings (SSSR count). The fourth-order valence-corrected chi connectivity index (χ4v) is 2.88. The molecule has 0 spiro atoms. The highest BCUT2D eigenvalue weighted by atomic mass is 79.9. The van der Waals surface area contributed by atoms with Crippen molar-refractivity contribution >= 4 is 27.5 Å². The number of methoxy groups -OCH3 is 2. The van der Waals surface area contributed by atoms with Crippen LogP contribution in [0.3, 0.4) is 0 Å². The van der Waals surface area contributed by atoms with Crippen LogP contribution >= 0.6 is 15.9 Å². The summed E-state index contributed by atoms with van der Waals surface area (Å²) in [5, 5.41) is 6.82. The molecule has 0 saturated heterocycles. The molecular weight excluding hydrogens is 417 g/mol. The van der Waals surface area contributed by atoms with Crippen LogP contribution in [-0.4, -0.2) is 29.9 Å². The summed E-state index contributed by atoms with van der Waals surface area (Å²) in [7, 11) is 2.85. The quantitative estimate of drug-likeness (QED) is 0.649. The lowest BCUT2D eigenvalue weighted by atomic mass is 10.2. The molecule has 0 fully saturated rings. The van der Waals surface area contributed by atoms with E-state index in [2.05, 4.69) is 26.3 Å². The third kappa shape index (κ3) is 3.80. The number of rotatable bonds is 5. The molecule has 1 heterocycles. The topological polar surface area (TPSA) is 65.4 Å². The fourth-order valence-electron chi connectivity index (χ4n) is 2.61. The molecule has 3 aromatic rings. The van der Waals surface area contributed by atoms with Gasteiger partial charge in [0, 0.05) is 16.6 Å². The first kappa shape index (κ1) is 18.9. The van der Waals surface area contributed by atoms with Crippen LogP contribution in [0.2, 0.25) is 0 Å². The number of ether oxygens (including phenoxy) is 2. The number of hydrogen-bond acceptors (Lipinski definition) is 4. The van der Waals surface area contributed by atoms with Crippen LogP contribution in [0.15, 0.2) is 47.1 Å². The number of nitrogens with one attached hydrogen (secondary N) is 1. The number of anilines is 1. The lowest BCUT2D eigenvalue weighted by Crippen LogP contribution is -2.14. The van der Waals surface area contributed by atoms with E-state index >= 15 is 0 Å². The van der Waals surface area contributed by atoms with Crippen molar-refractivity contribution in [3.8, 4) is 17.2 Å². The molecule has 1 N–H and O–H groups in total. The van der Waals surface area contributed by atoms with Crippen molar-refractivity contribution < 1.29 is 18.7 Å². The number of carbonyl (C=O) groups excluding carboxylic acids is 1.